The van der Waals surface area contributed by atoms with Gasteiger partial charge in [-0.05, 0) is 62.6 Å². The number of carbonyl (C=O) groups is 1. The van der Waals surface area contributed by atoms with E-state index in [2.05, 4.69) is 34.9 Å². The second kappa shape index (κ2) is 7.08. The van der Waals surface area contributed by atoms with Gasteiger partial charge < -0.3 is 10.6 Å². The third-order valence-electron chi connectivity index (χ3n) is 4.78. The number of nitrogens with one attached hydrogen (secondary N) is 2. The van der Waals surface area contributed by atoms with E-state index in [9.17, 15) is 4.79 Å². The highest BCUT2D eigenvalue weighted by Gasteiger charge is 2.32. The van der Waals surface area contributed by atoms with Gasteiger partial charge in [0.1, 0.15) is 0 Å². The smallest absolute Gasteiger partial charge is 0.220 e. The number of amides is 1. The Morgan fingerprint density at radius 2 is 2.05 bits per heavy atom. The molecule has 2 unspecified atom stereocenters. The highest BCUT2D eigenvalue weighted by molar-refractivity contribution is 5.76. The average Bonchev–Trinajstić information content (AvgIpc) is 3.22. The lowest BCUT2D eigenvalue weighted by atomic mass is 10.00. The molecule has 2 N–H and O–H groups in total. The Bertz CT molecular complexity index is 450. The molecule has 1 saturated heterocycles. The first-order valence-electron chi connectivity index (χ1n) is 8.35. The van der Waals surface area contributed by atoms with Gasteiger partial charge in [0, 0.05) is 12.5 Å². The van der Waals surface area contributed by atoms with Crippen LogP contribution in [0.1, 0.15) is 37.7 Å². The van der Waals surface area contributed by atoms with Crippen LogP contribution in [0.2, 0.25) is 0 Å². The quantitative estimate of drug-likeness (QED) is 0.808. The summed E-state index contributed by atoms with van der Waals surface area (Å²) in [5.74, 6) is 1.64. The van der Waals surface area contributed by atoms with Crippen LogP contribution in [-0.4, -0.2) is 25.0 Å². The first-order chi connectivity index (χ1) is 10.3. The second-order valence-corrected chi connectivity index (χ2v) is 6.60. The number of rotatable bonds is 7. The van der Waals surface area contributed by atoms with Gasteiger partial charge in [0.05, 0.1) is 0 Å². The Labute approximate surface area is 127 Å². The summed E-state index contributed by atoms with van der Waals surface area (Å²) in [6.45, 7) is 2.20. The number of hydrogen-bond acceptors (Lipinski definition) is 2. The van der Waals surface area contributed by atoms with Crippen molar-refractivity contribution in [2.75, 3.05) is 13.1 Å². The van der Waals surface area contributed by atoms with Crippen LogP contribution >= 0.6 is 0 Å². The van der Waals surface area contributed by atoms with Crippen LogP contribution in [0.4, 0.5) is 0 Å². The fraction of sp³-hybridized carbons (Fsp3) is 0.611. The molecule has 2 atom stereocenters. The average molecular weight is 286 g/mol. The summed E-state index contributed by atoms with van der Waals surface area (Å²) in [5, 5.41) is 6.66. The zero-order valence-electron chi connectivity index (χ0n) is 12.7. The van der Waals surface area contributed by atoms with Crippen molar-refractivity contribution in [3.05, 3.63) is 35.9 Å². The number of benzene rings is 1. The van der Waals surface area contributed by atoms with Crippen LogP contribution in [0.15, 0.2) is 30.3 Å². The standard InChI is InChI=1S/C18H26N2O/c21-18(9-6-15-10-11-19-13-15)20-17(16-7-8-16)12-14-4-2-1-3-5-14/h1-5,15-17,19H,6-13H2,(H,20,21). The molecule has 3 nitrogen and oxygen atoms in total. The lowest BCUT2D eigenvalue weighted by Crippen LogP contribution is -2.38. The molecular formula is C18H26N2O. The van der Waals surface area contributed by atoms with Crippen molar-refractivity contribution in [1.82, 2.24) is 10.6 Å². The molecule has 3 rings (SSSR count). The van der Waals surface area contributed by atoms with Crippen LogP contribution in [0, 0.1) is 11.8 Å². The van der Waals surface area contributed by atoms with Gasteiger partial charge in [-0.2, -0.15) is 0 Å². The second-order valence-electron chi connectivity index (χ2n) is 6.60. The Morgan fingerprint density at radius 1 is 1.24 bits per heavy atom. The van der Waals surface area contributed by atoms with E-state index in [1.165, 1.54) is 24.8 Å². The van der Waals surface area contributed by atoms with E-state index in [1.54, 1.807) is 0 Å². The Hall–Kier alpha value is -1.35. The third kappa shape index (κ3) is 4.57. The summed E-state index contributed by atoms with van der Waals surface area (Å²) in [5.41, 5.74) is 1.33. The van der Waals surface area contributed by atoms with E-state index < -0.39 is 0 Å². The summed E-state index contributed by atoms with van der Waals surface area (Å²) >= 11 is 0. The van der Waals surface area contributed by atoms with Gasteiger partial charge >= 0.3 is 0 Å². The van der Waals surface area contributed by atoms with E-state index in [-0.39, 0.29) is 5.91 Å². The lowest BCUT2D eigenvalue weighted by molar-refractivity contribution is -0.122. The Kier molecular flexibility index (Phi) is 4.91. The van der Waals surface area contributed by atoms with E-state index in [0.717, 1.165) is 25.9 Å². The van der Waals surface area contributed by atoms with Gasteiger partial charge in [0.2, 0.25) is 5.91 Å². The molecule has 1 saturated carbocycles. The maximum Gasteiger partial charge on any atom is 0.220 e. The van der Waals surface area contributed by atoms with Gasteiger partial charge in [-0.1, -0.05) is 30.3 Å². The minimum absolute atomic E-state index is 0.245. The fourth-order valence-electron chi connectivity index (χ4n) is 3.28. The molecule has 1 amide bonds. The van der Waals surface area contributed by atoms with Crippen molar-refractivity contribution in [2.24, 2.45) is 11.8 Å². The molecule has 0 aromatic heterocycles. The topological polar surface area (TPSA) is 41.1 Å². The summed E-state index contributed by atoms with van der Waals surface area (Å²) in [4.78, 5) is 12.2. The Balaban J connectivity index is 1.46. The molecule has 1 aromatic carbocycles. The molecule has 0 bridgehead atoms. The molecule has 1 aromatic rings. The van der Waals surface area contributed by atoms with Crippen molar-refractivity contribution < 1.29 is 4.79 Å². The van der Waals surface area contributed by atoms with Crippen LogP contribution in [0.5, 0.6) is 0 Å². The Morgan fingerprint density at radius 3 is 2.71 bits per heavy atom. The van der Waals surface area contributed by atoms with Gasteiger partial charge in [-0.15, -0.1) is 0 Å². The monoisotopic (exact) mass is 286 g/mol. The van der Waals surface area contributed by atoms with Crippen LogP contribution in [0.25, 0.3) is 0 Å². The molecule has 21 heavy (non-hydrogen) atoms. The molecule has 2 fully saturated rings. The molecular weight excluding hydrogens is 260 g/mol. The molecule has 114 valence electrons. The highest BCUT2D eigenvalue weighted by atomic mass is 16.1. The molecule has 0 radical (unpaired) electrons. The minimum atomic E-state index is 0.245. The van der Waals surface area contributed by atoms with Crippen molar-refractivity contribution in [3.63, 3.8) is 0 Å². The molecule has 3 heteroatoms. The zero-order chi connectivity index (χ0) is 14.5. The number of carbonyl (C=O) groups excluding carboxylic acids is 1. The predicted octanol–water partition coefficient (Wildman–Crippen LogP) is 2.51. The van der Waals surface area contributed by atoms with E-state index >= 15 is 0 Å². The number of hydrogen-bond donors (Lipinski definition) is 2. The first-order valence-corrected chi connectivity index (χ1v) is 8.35. The summed E-state index contributed by atoms with van der Waals surface area (Å²) in [6, 6.07) is 10.9. The predicted molar refractivity (Wildman–Crippen MR) is 85.0 cm³/mol. The van der Waals surface area contributed by atoms with Crippen LogP contribution in [0.3, 0.4) is 0 Å². The molecule has 1 aliphatic heterocycles. The normalized spacial score (nSPS) is 23.0. The molecule has 2 aliphatic rings. The fourth-order valence-corrected chi connectivity index (χ4v) is 3.28. The van der Waals surface area contributed by atoms with Crippen LogP contribution < -0.4 is 10.6 Å². The van der Waals surface area contributed by atoms with E-state index in [0.29, 0.717) is 24.3 Å². The summed E-state index contributed by atoms with van der Waals surface area (Å²) < 4.78 is 0. The van der Waals surface area contributed by atoms with E-state index in [1.807, 2.05) is 6.07 Å². The van der Waals surface area contributed by atoms with Crippen molar-refractivity contribution in [3.8, 4) is 0 Å². The first kappa shape index (κ1) is 14.6. The summed E-state index contributed by atoms with van der Waals surface area (Å²) in [7, 11) is 0. The maximum atomic E-state index is 12.2. The van der Waals surface area contributed by atoms with Crippen molar-refractivity contribution in [2.45, 2.75) is 44.6 Å². The maximum absolute atomic E-state index is 12.2. The van der Waals surface area contributed by atoms with Crippen molar-refractivity contribution in [1.29, 1.82) is 0 Å². The van der Waals surface area contributed by atoms with Gasteiger partial charge in [0.15, 0.2) is 0 Å². The largest absolute Gasteiger partial charge is 0.353 e. The molecule has 1 aliphatic carbocycles. The van der Waals surface area contributed by atoms with Gasteiger partial charge in [-0.25, -0.2) is 0 Å². The van der Waals surface area contributed by atoms with E-state index in [4.69, 9.17) is 0 Å². The zero-order valence-corrected chi connectivity index (χ0v) is 12.7. The van der Waals surface area contributed by atoms with Gasteiger partial charge in [-0.3, -0.25) is 4.79 Å². The van der Waals surface area contributed by atoms with Crippen LogP contribution in [-0.2, 0) is 11.2 Å². The van der Waals surface area contributed by atoms with Gasteiger partial charge in [0.25, 0.3) is 0 Å². The SMILES string of the molecule is O=C(CCC1CCNC1)NC(Cc1ccccc1)C1CC1. The summed E-state index contributed by atoms with van der Waals surface area (Å²) in [6.07, 6.45) is 6.45. The highest BCUT2D eigenvalue weighted by Crippen LogP contribution is 2.34. The molecule has 0 spiro atoms. The lowest BCUT2D eigenvalue weighted by Gasteiger charge is -2.19. The molecule has 1 heterocycles. The minimum Gasteiger partial charge on any atom is -0.353 e. The third-order valence-corrected chi connectivity index (χ3v) is 4.78. The van der Waals surface area contributed by atoms with Crippen molar-refractivity contribution >= 4 is 5.91 Å².